The van der Waals surface area contributed by atoms with E-state index >= 15 is 0 Å². The van der Waals surface area contributed by atoms with Gasteiger partial charge in [-0.3, -0.25) is 4.98 Å². The van der Waals surface area contributed by atoms with Crippen molar-refractivity contribution < 1.29 is 14.3 Å². The van der Waals surface area contributed by atoms with Gasteiger partial charge in [-0.15, -0.1) is 0 Å². The number of hydrogen-bond acceptors (Lipinski definition) is 5. The molecule has 1 unspecified atom stereocenters. The molecule has 0 aliphatic carbocycles. The van der Waals surface area contributed by atoms with Crippen LogP contribution in [0.15, 0.2) is 22.9 Å². The minimum absolute atomic E-state index is 0.0487. The predicted molar refractivity (Wildman–Crippen MR) is 73.7 cm³/mol. The molecule has 1 N–H and O–H groups in total. The summed E-state index contributed by atoms with van der Waals surface area (Å²) in [6.45, 7) is 1.59. The van der Waals surface area contributed by atoms with Crippen molar-refractivity contribution in [2.24, 2.45) is 0 Å². The van der Waals surface area contributed by atoms with Crippen molar-refractivity contribution in [1.82, 2.24) is 10.3 Å². The van der Waals surface area contributed by atoms with Gasteiger partial charge in [0.1, 0.15) is 12.2 Å². The highest BCUT2D eigenvalue weighted by Gasteiger charge is 2.37. The molecule has 0 amide bonds. The molecule has 19 heavy (non-hydrogen) atoms. The molecule has 1 aliphatic rings. The van der Waals surface area contributed by atoms with E-state index in [0.717, 1.165) is 29.4 Å². The first-order valence-corrected chi connectivity index (χ1v) is 6.99. The van der Waals surface area contributed by atoms with Gasteiger partial charge >= 0.3 is 5.97 Å². The van der Waals surface area contributed by atoms with E-state index in [1.54, 1.807) is 12.4 Å². The Bertz CT molecular complexity index is 447. The lowest BCUT2D eigenvalue weighted by Gasteiger charge is -2.38. The van der Waals surface area contributed by atoms with Gasteiger partial charge in [0.15, 0.2) is 0 Å². The van der Waals surface area contributed by atoms with Crippen LogP contribution in [0.5, 0.6) is 0 Å². The first kappa shape index (κ1) is 14.4. The molecule has 1 aromatic rings. The highest BCUT2D eigenvalue weighted by Crippen LogP contribution is 2.36. The van der Waals surface area contributed by atoms with Gasteiger partial charge in [-0.2, -0.15) is 0 Å². The van der Waals surface area contributed by atoms with Crippen molar-refractivity contribution in [2.45, 2.75) is 18.4 Å². The predicted octanol–water partition coefficient (Wildman–Crippen LogP) is 1.61. The van der Waals surface area contributed by atoms with Crippen LogP contribution < -0.4 is 5.32 Å². The summed E-state index contributed by atoms with van der Waals surface area (Å²) in [6.07, 6.45) is 5.33. The number of methoxy groups -OCH3 is 1. The summed E-state index contributed by atoms with van der Waals surface area (Å²) >= 11 is 3.50. The molecular formula is C13H17BrN2O3. The highest BCUT2D eigenvalue weighted by atomic mass is 79.9. The van der Waals surface area contributed by atoms with Crippen LogP contribution in [0.4, 0.5) is 0 Å². The van der Waals surface area contributed by atoms with Crippen LogP contribution in [0.1, 0.15) is 18.4 Å². The number of carbonyl (C=O) groups excluding carboxylic acids is 1. The van der Waals surface area contributed by atoms with Crippen molar-refractivity contribution >= 4 is 21.9 Å². The van der Waals surface area contributed by atoms with E-state index in [9.17, 15) is 4.79 Å². The van der Waals surface area contributed by atoms with E-state index in [-0.39, 0.29) is 12.6 Å². The summed E-state index contributed by atoms with van der Waals surface area (Å²) in [5, 5.41) is 3.32. The van der Waals surface area contributed by atoms with Crippen molar-refractivity contribution in [3.63, 3.8) is 0 Å². The Labute approximate surface area is 120 Å². The normalized spacial score (nSPS) is 23.1. The van der Waals surface area contributed by atoms with E-state index in [4.69, 9.17) is 4.74 Å². The van der Waals surface area contributed by atoms with Crippen molar-refractivity contribution in [1.29, 1.82) is 0 Å². The number of pyridine rings is 1. The van der Waals surface area contributed by atoms with Crippen LogP contribution in [0.2, 0.25) is 0 Å². The molecule has 2 rings (SSSR count). The Kier molecular flexibility index (Phi) is 4.90. The molecule has 0 radical (unpaired) electrons. The largest absolute Gasteiger partial charge is 0.467 e. The number of esters is 1. The number of halogens is 1. The van der Waals surface area contributed by atoms with Crippen molar-refractivity contribution in [3.05, 3.63) is 28.5 Å². The van der Waals surface area contributed by atoms with Gasteiger partial charge in [-0.25, -0.2) is 4.79 Å². The van der Waals surface area contributed by atoms with Gasteiger partial charge in [-0.1, -0.05) is 0 Å². The average Bonchev–Trinajstić information content (AvgIpc) is 2.46. The van der Waals surface area contributed by atoms with Gasteiger partial charge < -0.3 is 14.8 Å². The number of nitrogens with one attached hydrogen (secondary N) is 1. The summed E-state index contributed by atoms with van der Waals surface area (Å²) in [5.41, 5.74) is 0.507. The minimum atomic E-state index is -0.506. The monoisotopic (exact) mass is 328 g/mol. The molecule has 1 aliphatic heterocycles. The second kappa shape index (κ2) is 6.45. The van der Waals surface area contributed by atoms with Crippen LogP contribution in [0.3, 0.4) is 0 Å². The fraction of sp³-hybridized carbons (Fsp3) is 0.538. The van der Waals surface area contributed by atoms with E-state index in [1.165, 1.54) is 7.11 Å². The summed E-state index contributed by atoms with van der Waals surface area (Å²) in [6, 6.07) is 1.92. The Morgan fingerprint density at radius 2 is 2.47 bits per heavy atom. The first-order chi connectivity index (χ1) is 9.18. The summed E-state index contributed by atoms with van der Waals surface area (Å²) in [7, 11) is 1.36. The molecular weight excluding hydrogens is 312 g/mol. The Morgan fingerprint density at radius 3 is 3.11 bits per heavy atom. The molecule has 0 saturated carbocycles. The van der Waals surface area contributed by atoms with Gasteiger partial charge in [0.05, 0.1) is 7.11 Å². The maximum Gasteiger partial charge on any atom is 0.331 e. The average molecular weight is 329 g/mol. The third kappa shape index (κ3) is 3.32. The number of hydrogen-bond donors (Lipinski definition) is 1. The fourth-order valence-electron chi connectivity index (χ4n) is 2.31. The molecule has 0 spiro atoms. The van der Waals surface area contributed by atoms with Gasteiger partial charge in [0.25, 0.3) is 0 Å². The molecule has 0 aromatic carbocycles. The van der Waals surface area contributed by atoms with Gasteiger partial charge in [0, 0.05) is 29.0 Å². The van der Waals surface area contributed by atoms with Crippen molar-refractivity contribution in [2.75, 3.05) is 26.8 Å². The molecule has 0 bridgehead atoms. The number of aromatic nitrogens is 1. The second-order valence-electron chi connectivity index (χ2n) is 4.49. The highest BCUT2D eigenvalue weighted by molar-refractivity contribution is 9.10. The molecule has 1 fully saturated rings. The summed E-state index contributed by atoms with van der Waals surface area (Å²) in [4.78, 5) is 15.4. The second-order valence-corrected chi connectivity index (χ2v) is 5.35. The molecule has 1 atom stereocenters. The van der Waals surface area contributed by atoms with E-state index in [0.29, 0.717) is 6.54 Å². The number of piperidine rings is 1. The summed E-state index contributed by atoms with van der Waals surface area (Å²) < 4.78 is 11.4. The van der Waals surface area contributed by atoms with Crippen LogP contribution >= 0.6 is 15.9 Å². The minimum Gasteiger partial charge on any atom is -0.467 e. The van der Waals surface area contributed by atoms with Gasteiger partial charge in [-0.05, 0) is 41.4 Å². The lowest BCUT2D eigenvalue weighted by Crippen LogP contribution is -2.46. The topological polar surface area (TPSA) is 60.5 Å². The van der Waals surface area contributed by atoms with E-state index in [1.807, 2.05) is 6.07 Å². The zero-order valence-electron chi connectivity index (χ0n) is 10.8. The summed E-state index contributed by atoms with van der Waals surface area (Å²) in [5.74, 6) is -0.366. The quantitative estimate of drug-likeness (QED) is 0.851. The van der Waals surface area contributed by atoms with E-state index < -0.39 is 5.60 Å². The standard InChI is InChI=1S/C13H17BrN2O3/c1-18-12(17)8-19-13(4-2-5-16-9-13)10-3-6-15-7-11(10)14/h3,6-7,16H,2,4-5,8-9H2,1H3. The molecule has 5 nitrogen and oxygen atoms in total. The Balaban J connectivity index is 2.24. The maximum absolute atomic E-state index is 11.3. The number of carbonyl (C=O) groups is 1. The zero-order chi connectivity index (χ0) is 13.7. The number of nitrogens with zero attached hydrogens (tertiary/aromatic N) is 1. The smallest absolute Gasteiger partial charge is 0.331 e. The van der Waals surface area contributed by atoms with Crippen LogP contribution in [0.25, 0.3) is 0 Å². The van der Waals surface area contributed by atoms with Gasteiger partial charge in [0.2, 0.25) is 0 Å². The molecule has 1 aromatic heterocycles. The maximum atomic E-state index is 11.3. The third-order valence-corrected chi connectivity index (χ3v) is 3.93. The van der Waals surface area contributed by atoms with Crippen LogP contribution in [-0.2, 0) is 19.9 Å². The number of ether oxygens (including phenoxy) is 2. The Hall–Kier alpha value is -0.980. The van der Waals surface area contributed by atoms with E-state index in [2.05, 4.69) is 31.0 Å². The zero-order valence-corrected chi connectivity index (χ0v) is 12.4. The van der Waals surface area contributed by atoms with Crippen LogP contribution in [0, 0.1) is 0 Å². The SMILES string of the molecule is COC(=O)COC1(c2ccncc2Br)CCCNC1. The number of rotatable bonds is 4. The molecule has 2 heterocycles. The first-order valence-electron chi connectivity index (χ1n) is 6.19. The van der Waals surface area contributed by atoms with Crippen LogP contribution in [-0.4, -0.2) is 37.8 Å². The Morgan fingerprint density at radius 1 is 1.63 bits per heavy atom. The molecule has 6 heteroatoms. The molecule has 1 saturated heterocycles. The van der Waals surface area contributed by atoms with Crippen molar-refractivity contribution in [3.8, 4) is 0 Å². The third-order valence-electron chi connectivity index (χ3n) is 3.30. The lowest BCUT2D eigenvalue weighted by atomic mass is 9.87. The lowest BCUT2D eigenvalue weighted by molar-refractivity contribution is -0.155. The fourth-order valence-corrected chi connectivity index (χ4v) is 2.92. The molecule has 104 valence electrons.